The quantitative estimate of drug-likeness (QED) is 0.881. The van der Waals surface area contributed by atoms with Crippen LogP contribution in [-0.4, -0.2) is 47.6 Å². The van der Waals surface area contributed by atoms with Crippen LogP contribution in [0.2, 0.25) is 5.02 Å². The molecular formula is C11H18ClN5. The van der Waals surface area contributed by atoms with Crippen LogP contribution in [0.3, 0.4) is 0 Å². The summed E-state index contributed by atoms with van der Waals surface area (Å²) in [6.07, 6.45) is 2.76. The van der Waals surface area contributed by atoms with Gasteiger partial charge >= 0.3 is 0 Å². The second kappa shape index (κ2) is 5.51. The lowest BCUT2D eigenvalue weighted by Gasteiger charge is -2.35. The highest BCUT2D eigenvalue weighted by molar-refractivity contribution is 6.32. The van der Waals surface area contributed by atoms with E-state index in [2.05, 4.69) is 26.7 Å². The van der Waals surface area contributed by atoms with E-state index in [1.165, 1.54) is 6.42 Å². The number of hydrogen-bond acceptors (Lipinski definition) is 5. The summed E-state index contributed by atoms with van der Waals surface area (Å²) in [5, 5.41) is 0.572. The molecule has 1 fully saturated rings. The highest BCUT2D eigenvalue weighted by Gasteiger charge is 2.19. The van der Waals surface area contributed by atoms with Gasteiger partial charge in [-0.15, -0.1) is 0 Å². The Balaban J connectivity index is 2.02. The molecule has 2 N–H and O–H groups in total. The summed E-state index contributed by atoms with van der Waals surface area (Å²) in [6.45, 7) is 7.34. The van der Waals surface area contributed by atoms with Crippen molar-refractivity contribution in [3.05, 3.63) is 11.2 Å². The zero-order valence-corrected chi connectivity index (χ0v) is 10.8. The second-order valence-corrected chi connectivity index (χ2v) is 4.64. The summed E-state index contributed by atoms with van der Waals surface area (Å²) in [5.41, 5.74) is 5.59. The molecule has 0 unspecified atom stereocenters. The van der Waals surface area contributed by atoms with E-state index in [4.69, 9.17) is 17.3 Å². The van der Waals surface area contributed by atoms with E-state index in [-0.39, 0.29) is 5.95 Å². The fourth-order valence-electron chi connectivity index (χ4n) is 2.09. The zero-order valence-electron chi connectivity index (χ0n) is 10.1. The van der Waals surface area contributed by atoms with Crippen molar-refractivity contribution in [2.75, 3.05) is 43.4 Å². The Bertz CT molecular complexity index is 376. The number of nitrogen functional groups attached to an aromatic ring is 1. The van der Waals surface area contributed by atoms with E-state index >= 15 is 0 Å². The minimum absolute atomic E-state index is 0.278. The molecule has 0 amide bonds. The maximum absolute atomic E-state index is 6.09. The highest BCUT2D eigenvalue weighted by Crippen LogP contribution is 2.23. The largest absolute Gasteiger partial charge is 0.368 e. The standard InChI is InChI=1S/C11H18ClN5/c1-2-3-16-4-6-17(7-5-16)10-9(12)8-14-11(13)15-10/h8H,2-7H2,1H3,(H2,13,14,15). The van der Waals surface area contributed by atoms with Crippen molar-refractivity contribution in [2.45, 2.75) is 13.3 Å². The lowest BCUT2D eigenvalue weighted by atomic mass is 10.3. The average molecular weight is 256 g/mol. The van der Waals surface area contributed by atoms with Crippen LogP contribution in [0.1, 0.15) is 13.3 Å². The lowest BCUT2D eigenvalue weighted by Crippen LogP contribution is -2.47. The summed E-state index contributed by atoms with van der Waals surface area (Å²) < 4.78 is 0. The van der Waals surface area contributed by atoms with Crippen molar-refractivity contribution >= 4 is 23.4 Å². The van der Waals surface area contributed by atoms with Crippen LogP contribution >= 0.6 is 11.6 Å². The van der Waals surface area contributed by atoms with E-state index in [9.17, 15) is 0 Å². The van der Waals surface area contributed by atoms with Gasteiger partial charge in [0.15, 0.2) is 5.82 Å². The van der Waals surface area contributed by atoms with Crippen molar-refractivity contribution < 1.29 is 0 Å². The Labute approximate surface area is 107 Å². The Hall–Kier alpha value is -1.07. The minimum Gasteiger partial charge on any atom is -0.368 e. The summed E-state index contributed by atoms with van der Waals surface area (Å²) in [7, 11) is 0. The molecule has 0 atom stereocenters. The molecular weight excluding hydrogens is 238 g/mol. The topological polar surface area (TPSA) is 58.3 Å². The molecule has 0 aromatic carbocycles. The number of rotatable bonds is 3. The number of halogens is 1. The first-order chi connectivity index (χ1) is 8.20. The van der Waals surface area contributed by atoms with Gasteiger partial charge in [0.1, 0.15) is 5.02 Å². The lowest BCUT2D eigenvalue weighted by molar-refractivity contribution is 0.258. The van der Waals surface area contributed by atoms with E-state index in [1.807, 2.05) is 0 Å². The predicted molar refractivity (Wildman–Crippen MR) is 70.4 cm³/mol. The fraction of sp³-hybridized carbons (Fsp3) is 0.636. The maximum Gasteiger partial charge on any atom is 0.222 e. The van der Waals surface area contributed by atoms with Crippen LogP contribution in [0.4, 0.5) is 11.8 Å². The van der Waals surface area contributed by atoms with E-state index < -0.39 is 0 Å². The number of hydrogen-bond donors (Lipinski definition) is 1. The molecule has 17 heavy (non-hydrogen) atoms. The van der Waals surface area contributed by atoms with Crippen molar-refractivity contribution in [1.82, 2.24) is 14.9 Å². The molecule has 1 aromatic rings. The van der Waals surface area contributed by atoms with Gasteiger partial charge in [-0.3, -0.25) is 4.90 Å². The van der Waals surface area contributed by atoms with Gasteiger partial charge in [-0.2, -0.15) is 4.98 Å². The van der Waals surface area contributed by atoms with Gasteiger partial charge in [0, 0.05) is 26.2 Å². The van der Waals surface area contributed by atoms with Crippen molar-refractivity contribution in [2.24, 2.45) is 0 Å². The predicted octanol–water partition coefficient (Wildman–Crippen LogP) is 1.24. The highest BCUT2D eigenvalue weighted by atomic mass is 35.5. The third kappa shape index (κ3) is 2.98. The van der Waals surface area contributed by atoms with Gasteiger partial charge in [-0.1, -0.05) is 18.5 Å². The first-order valence-electron chi connectivity index (χ1n) is 5.96. The zero-order chi connectivity index (χ0) is 12.3. The first kappa shape index (κ1) is 12.4. The number of anilines is 2. The molecule has 1 aliphatic heterocycles. The van der Waals surface area contributed by atoms with Crippen LogP contribution in [-0.2, 0) is 0 Å². The fourth-order valence-corrected chi connectivity index (χ4v) is 2.30. The molecule has 0 radical (unpaired) electrons. The third-order valence-electron chi connectivity index (χ3n) is 2.96. The van der Waals surface area contributed by atoms with Gasteiger partial charge in [0.25, 0.3) is 0 Å². The van der Waals surface area contributed by atoms with Crippen molar-refractivity contribution in [1.29, 1.82) is 0 Å². The smallest absolute Gasteiger partial charge is 0.222 e. The molecule has 1 saturated heterocycles. The van der Waals surface area contributed by atoms with Crippen LogP contribution in [0.25, 0.3) is 0 Å². The summed E-state index contributed by atoms with van der Waals surface area (Å²) in [6, 6.07) is 0. The molecule has 5 nitrogen and oxygen atoms in total. The molecule has 2 rings (SSSR count). The van der Waals surface area contributed by atoms with Gasteiger partial charge in [0.05, 0.1) is 6.20 Å². The Morgan fingerprint density at radius 1 is 1.35 bits per heavy atom. The number of nitrogens with two attached hydrogens (primary N) is 1. The molecule has 0 saturated carbocycles. The summed E-state index contributed by atoms with van der Waals surface area (Å²) in [4.78, 5) is 12.7. The van der Waals surface area contributed by atoms with Gasteiger partial charge < -0.3 is 10.6 Å². The SMILES string of the molecule is CCCN1CCN(c2nc(N)ncc2Cl)CC1. The maximum atomic E-state index is 6.09. The Kier molecular flexibility index (Phi) is 4.02. The van der Waals surface area contributed by atoms with Crippen molar-refractivity contribution in [3.8, 4) is 0 Å². The molecule has 6 heteroatoms. The monoisotopic (exact) mass is 255 g/mol. The molecule has 0 aliphatic carbocycles. The van der Waals surface area contributed by atoms with Gasteiger partial charge in [-0.25, -0.2) is 4.98 Å². The number of piperazine rings is 1. The molecule has 0 spiro atoms. The van der Waals surface area contributed by atoms with Crippen LogP contribution in [0, 0.1) is 0 Å². The second-order valence-electron chi connectivity index (χ2n) is 4.23. The van der Waals surface area contributed by atoms with E-state index in [1.54, 1.807) is 6.20 Å². The number of nitrogens with zero attached hydrogens (tertiary/aromatic N) is 4. The molecule has 1 aromatic heterocycles. The minimum atomic E-state index is 0.278. The van der Waals surface area contributed by atoms with Crippen LogP contribution < -0.4 is 10.6 Å². The van der Waals surface area contributed by atoms with Gasteiger partial charge in [-0.05, 0) is 13.0 Å². The van der Waals surface area contributed by atoms with Crippen LogP contribution in [0.15, 0.2) is 6.20 Å². The summed E-state index contributed by atoms with van der Waals surface area (Å²) in [5.74, 6) is 1.04. The first-order valence-corrected chi connectivity index (χ1v) is 6.34. The third-order valence-corrected chi connectivity index (χ3v) is 3.22. The molecule has 0 bridgehead atoms. The molecule has 2 heterocycles. The molecule has 1 aliphatic rings. The van der Waals surface area contributed by atoms with Crippen LogP contribution in [0.5, 0.6) is 0 Å². The number of aromatic nitrogens is 2. The van der Waals surface area contributed by atoms with E-state index in [0.29, 0.717) is 5.02 Å². The summed E-state index contributed by atoms with van der Waals surface area (Å²) >= 11 is 6.09. The van der Waals surface area contributed by atoms with E-state index in [0.717, 1.165) is 38.5 Å². The Morgan fingerprint density at radius 2 is 2.06 bits per heavy atom. The Morgan fingerprint density at radius 3 is 2.71 bits per heavy atom. The average Bonchev–Trinajstić information content (AvgIpc) is 2.34. The van der Waals surface area contributed by atoms with Gasteiger partial charge in [0.2, 0.25) is 5.95 Å². The van der Waals surface area contributed by atoms with Crippen molar-refractivity contribution in [3.63, 3.8) is 0 Å². The molecule has 94 valence electrons. The normalized spacial score (nSPS) is 17.4.